The Balaban J connectivity index is 1.10. The van der Waals surface area contributed by atoms with Crippen molar-refractivity contribution < 1.29 is 0 Å². The third kappa shape index (κ3) is 4.38. The van der Waals surface area contributed by atoms with Crippen LogP contribution < -0.4 is 0 Å². The highest BCUT2D eigenvalue weighted by molar-refractivity contribution is 6.22. The quantitative estimate of drug-likeness (QED) is 0.178. The number of rotatable bonds is 4. The molecule has 0 fully saturated rings. The van der Waals surface area contributed by atoms with E-state index in [1.165, 1.54) is 93.1 Å². The Morgan fingerprint density at radius 1 is 0.250 bits per heavy atom. The highest BCUT2D eigenvalue weighted by atomic mass is 15.0. The van der Waals surface area contributed by atoms with Crippen LogP contribution in [0.4, 0.5) is 0 Å². The second kappa shape index (κ2) is 11.3. The van der Waals surface area contributed by atoms with Crippen molar-refractivity contribution in [2.75, 3.05) is 0 Å². The van der Waals surface area contributed by atoms with Crippen LogP contribution in [-0.4, -0.2) is 9.13 Å². The topological polar surface area (TPSA) is 9.86 Å². The van der Waals surface area contributed by atoms with Crippen molar-refractivity contribution in [1.29, 1.82) is 0 Å². The molecule has 0 N–H and O–H groups in total. The van der Waals surface area contributed by atoms with E-state index in [9.17, 15) is 0 Å². The van der Waals surface area contributed by atoms with E-state index in [1.807, 2.05) is 0 Å². The Labute approximate surface area is 301 Å². The average molecular weight is 661 g/mol. The average Bonchev–Trinajstić information content (AvgIpc) is 3.74. The van der Waals surface area contributed by atoms with Gasteiger partial charge in [0, 0.05) is 32.9 Å². The van der Waals surface area contributed by atoms with Gasteiger partial charge in [-0.05, 0) is 98.4 Å². The normalized spacial score (nSPS) is 11.8. The summed E-state index contributed by atoms with van der Waals surface area (Å²) in [4.78, 5) is 0. The molecule has 0 aliphatic rings. The predicted molar refractivity (Wildman–Crippen MR) is 221 cm³/mol. The number of nitrogens with zero attached hydrogens (tertiary/aromatic N) is 2. The van der Waals surface area contributed by atoms with Gasteiger partial charge in [0.2, 0.25) is 0 Å². The summed E-state index contributed by atoms with van der Waals surface area (Å²) < 4.78 is 4.84. The van der Waals surface area contributed by atoms with Crippen LogP contribution in [0.1, 0.15) is 0 Å². The van der Waals surface area contributed by atoms with Gasteiger partial charge in [-0.3, -0.25) is 0 Å². The molecule has 0 saturated carbocycles. The Bertz CT molecular complexity index is 3160. The van der Waals surface area contributed by atoms with Crippen molar-refractivity contribution in [2.45, 2.75) is 0 Å². The molecule has 11 aromatic rings. The van der Waals surface area contributed by atoms with E-state index in [2.05, 4.69) is 203 Å². The van der Waals surface area contributed by atoms with Crippen LogP contribution in [0.5, 0.6) is 0 Å². The second-order valence-corrected chi connectivity index (χ2v) is 13.8. The monoisotopic (exact) mass is 660 g/mol. The predicted octanol–water partition coefficient (Wildman–Crippen LogP) is 13.5. The Morgan fingerprint density at radius 2 is 0.808 bits per heavy atom. The fraction of sp³-hybridized carbons (Fsp3) is 0. The van der Waals surface area contributed by atoms with Gasteiger partial charge in [-0.1, -0.05) is 140 Å². The van der Waals surface area contributed by atoms with Crippen LogP contribution in [0, 0.1) is 0 Å². The maximum absolute atomic E-state index is 2.43. The van der Waals surface area contributed by atoms with Crippen LogP contribution in [0.25, 0.3) is 98.8 Å². The molecular formula is C50H32N2. The molecule has 11 rings (SSSR count). The van der Waals surface area contributed by atoms with E-state index in [0.29, 0.717) is 0 Å². The van der Waals surface area contributed by atoms with E-state index in [0.717, 1.165) is 5.69 Å². The number of benzene rings is 9. The molecule has 242 valence electrons. The van der Waals surface area contributed by atoms with E-state index < -0.39 is 0 Å². The highest BCUT2D eigenvalue weighted by Crippen LogP contribution is 2.40. The molecule has 0 atom stereocenters. The zero-order valence-corrected chi connectivity index (χ0v) is 28.4. The summed E-state index contributed by atoms with van der Waals surface area (Å²) in [6, 6.07) is 71.0. The van der Waals surface area contributed by atoms with Crippen molar-refractivity contribution in [3.8, 4) is 33.6 Å². The van der Waals surface area contributed by atoms with Crippen molar-refractivity contribution in [3.05, 3.63) is 194 Å². The lowest BCUT2D eigenvalue weighted by atomic mass is 9.97. The van der Waals surface area contributed by atoms with E-state index in [-0.39, 0.29) is 0 Å². The fourth-order valence-corrected chi connectivity index (χ4v) is 8.42. The molecule has 2 heteroatoms. The van der Waals surface area contributed by atoms with E-state index in [1.54, 1.807) is 0 Å². The van der Waals surface area contributed by atoms with E-state index in [4.69, 9.17) is 0 Å². The van der Waals surface area contributed by atoms with Crippen molar-refractivity contribution in [2.24, 2.45) is 0 Å². The molecule has 0 radical (unpaired) electrons. The second-order valence-electron chi connectivity index (χ2n) is 13.8. The largest absolute Gasteiger partial charge is 0.309 e. The molecule has 2 nitrogen and oxygen atoms in total. The first-order valence-corrected chi connectivity index (χ1v) is 17.9. The van der Waals surface area contributed by atoms with Gasteiger partial charge in [-0.25, -0.2) is 0 Å². The summed E-state index contributed by atoms with van der Waals surface area (Å²) in [5.74, 6) is 0. The van der Waals surface area contributed by atoms with Crippen LogP contribution >= 0.6 is 0 Å². The number of para-hydroxylation sites is 2. The maximum atomic E-state index is 2.43. The van der Waals surface area contributed by atoms with Crippen molar-refractivity contribution in [3.63, 3.8) is 0 Å². The first-order chi connectivity index (χ1) is 25.8. The zero-order chi connectivity index (χ0) is 34.2. The summed E-state index contributed by atoms with van der Waals surface area (Å²) in [5, 5.41) is 10.1. The van der Waals surface area contributed by atoms with Gasteiger partial charge in [-0.2, -0.15) is 0 Å². The summed E-state index contributed by atoms with van der Waals surface area (Å²) in [5.41, 5.74) is 12.0. The van der Waals surface area contributed by atoms with Gasteiger partial charge in [0.1, 0.15) is 0 Å². The first kappa shape index (κ1) is 28.9. The Kier molecular flexibility index (Phi) is 6.28. The minimum Gasteiger partial charge on any atom is -0.309 e. The lowest BCUT2D eigenvalue weighted by molar-refractivity contribution is 1.18. The molecule has 0 aliphatic heterocycles. The van der Waals surface area contributed by atoms with E-state index >= 15 is 0 Å². The SMILES string of the molecule is c1ccc(-c2ccc(-n3c4ccccc4c4ccc(-c5ccc6ccc7c(c6c5)c5ccccc5n7-c5ccc6ccccc6c5)cc43)cc2)cc1. The number of fused-ring (bicyclic) bond motifs is 9. The molecular weight excluding hydrogens is 629 g/mol. The van der Waals surface area contributed by atoms with Gasteiger partial charge in [0.15, 0.2) is 0 Å². The minimum absolute atomic E-state index is 1.16. The van der Waals surface area contributed by atoms with Crippen LogP contribution in [0.3, 0.4) is 0 Å². The molecule has 0 unspecified atom stereocenters. The molecule has 0 bridgehead atoms. The smallest absolute Gasteiger partial charge is 0.0547 e. The lowest BCUT2D eigenvalue weighted by Gasteiger charge is -2.11. The van der Waals surface area contributed by atoms with Crippen LogP contribution in [0.15, 0.2) is 194 Å². The Morgan fingerprint density at radius 3 is 1.65 bits per heavy atom. The van der Waals surface area contributed by atoms with Crippen molar-refractivity contribution in [1.82, 2.24) is 9.13 Å². The molecule has 0 aliphatic carbocycles. The number of aromatic nitrogens is 2. The molecule has 9 aromatic carbocycles. The molecule has 0 spiro atoms. The van der Waals surface area contributed by atoms with Gasteiger partial charge in [0.05, 0.1) is 22.1 Å². The van der Waals surface area contributed by atoms with Crippen LogP contribution in [0.2, 0.25) is 0 Å². The number of hydrogen-bond donors (Lipinski definition) is 0. The third-order valence-electron chi connectivity index (χ3n) is 10.9. The van der Waals surface area contributed by atoms with Crippen LogP contribution in [-0.2, 0) is 0 Å². The lowest BCUT2D eigenvalue weighted by Crippen LogP contribution is -1.94. The summed E-state index contributed by atoms with van der Waals surface area (Å²) >= 11 is 0. The fourth-order valence-electron chi connectivity index (χ4n) is 8.42. The molecule has 2 aromatic heterocycles. The summed E-state index contributed by atoms with van der Waals surface area (Å²) in [6.07, 6.45) is 0. The first-order valence-electron chi connectivity index (χ1n) is 17.9. The van der Waals surface area contributed by atoms with Gasteiger partial charge in [0.25, 0.3) is 0 Å². The molecule has 52 heavy (non-hydrogen) atoms. The van der Waals surface area contributed by atoms with Gasteiger partial charge < -0.3 is 9.13 Å². The summed E-state index contributed by atoms with van der Waals surface area (Å²) in [6.45, 7) is 0. The van der Waals surface area contributed by atoms with Gasteiger partial charge >= 0.3 is 0 Å². The zero-order valence-electron chi connectivity index (χ0n) is 28.4. The highest BCUT2D eigenvalue weighted by Gasteiger charge is 2.17. The third-order valence-corrected chi connectivity index (χ3v) is 10.9. The van der Waals surface area contributed by atoms with Gasteiger partial charge in [-0.15, -0.1) is 0 Å². The Hall–Kier alpha value is -6.90. The standard InChI is InChI=1S/C50H32N2/c1-2-10-33(11-3-1)35-20-25-40(26-21-35)51-46-16-8-6-14-42(46)43-28-23-39(32-49(43)51)38-19-18-36-24-29-48-50(45(36)31-38)44-15-7-9-17-47(44)52(48)41-27-22-34-12-4-5-13-37(34)30-41/h1-32H. The van der Waals surface area contributed by atoms with Crippen molar-refractivity contribution >= 4 is 65.2 Å². The maximum Gasteiger partial charge on any atom is 0.0547 e. The molecule has 0 saturated heterocycles. The molecule has 2 heterocycles. The summed E-state index contributed by atoms with van der Waals surface area (Å²) in [7, 11) is 0. The molecule has 0 amide bonds. The minimum atomic E-state index is 1.16. The number of hydrogen-bond acceptors (Lipinski definition) is 0.